The van der Waals surface area contributed by atoms with Crippen LogP contribution in [0.15, 0.2) is 30.3 Å². The van der Waals surface area contributed by atoms with Crippen molar-refractivity contribution in [3.05, 3.63) is 45.6 Å². The van der Waals surface area contributed by atoms with Crippen molar-refractivity contribution < 1.29 is 14.6 Å². The first-order valence-electron chi connectivity index (χ1n) is 6.25. The summed E-state index contributed by atoms with van der Waals surface area (Å²) in [7, 11) is 1.61. The Hall–Kier alpha value is -1.52. The Balaban J connectivity index is 2.09. The third-order valence-electron chi connectivity index (χ3n) is 2.85. The second kappa shape index (κ2) is 6.59. The van der Waals surface area contributed by atoms with Gasteiger partial charge >= 0.3 is 0 Å². The van der Waals surface area contributed by atoms with Gasteiger partial charge in [0.1, 0.15) is 6.61 Å². The molecule has 1 aromatic carbocycles. The van der Waals surface area contributed by atoms with Crippen LogP contribution in [0.1, 0.15) is 22.2 Å². The molecule has 0 bridgehead atoms. The topological polar surface area (TPSA) is 38.7 Å². The van der Waals surface area contributed by atoms with Crippen molar-refractivity contribution >= 4 is 11.3 Å². The highest BCUT2D eigenvalue weighted by molar-refractivity contribution is 7.11. The maximum Gasteiger partial charge on any atom is 0.162 e. The van der Waals surface area contributed by atoms with Crippen molar-refractivity contribution in [3.8, 4) is 11.5 Å². The van der Waals surface area contributed by atoms with E-state index in [0.29, 0.717) is 18.1 Å². The molecule has 1 aromatic heterocycles. The molecule has 1 N–H and O–H groups in total. The van der Waals surface area contributed by atoms with E-state index in [1.54, 1.807) is 18.4 Å². The van der Waals surface area contributed by atoms with Crippen molar-refractivity contribution in [1.82, 2.24) is 0 Å². The van der Waals surface area contributed by atoms with Crippen LogP contribution in [0.5, 0.6) is 11.5 Å². The van der Waals surface area contributed by atoms with Gasteiger partial charge in [0, 0.05) is 9.75 Å². The molecule has 0 unspecified atom stereocenters. The number of methoxy groups -OCH3 is 1. The molecule has 0 aliphatic rings. The maximum absolute atomic E-state index is 9.15. The van der Waals surface area contributed by atoms with Crippen LogP contribution in [-0.4, -0.2) is 12.2 Å². The van der Waals surface area contributed by atoms with Crippen molar-refractivity contribution in [1.29, 1.82) is 0 Å². The highest BCUT2D eigenvalue weighted by Gasteiger charge is 2.07. The molecule has 19 heavy (non-hydrogen) atoms. The summed E-state index contributed by atoms with van der Waals surface area (Å²) < 4.78 is 11.0. The molecule has 0 saturated carbocycles. The first kappa shape index (κ1) is 13.9. The number of aryl methyl sites for hydroxylation is 1. The van der Waals surface area contributed by atoms with Gasteiger partial charge < -0.3 is 14.6 Å². The van der Waals surface area contributed by atoms with Crippen LogP contribution in [0.2, 0.25) is 0 Å². The molecular formula is C15H18O3S. The smallest absolute Gasteiger partial charge is 0.162 e. The molecule has 2 rings (SSSR count). The molecule has 4 heteroatoms. The molecule has 0 amide bonds. The molecule has 0 aliphatic heterocycles. The number of rotatable bonds is 6. The lowest BCUT2D eigenvalue weighted by Gasteiger charge is -2.11. The van der Waals surface area contributed by atoms with E-state index in [1.807, 2.05) is 18.2 Å². The number of hydrogen-bond donors (Lipinski definition) is 1. The average Bonchev–Trinajstić information content (AvgIpc) is 2.92. The Kier molecular flexibility index (Phi) is 4.82. The molecule has 0 fully saturated rings. The van der Waals surface area contributed by atoms with Gasteiger partial charge in [-0.1, -0.05) is 13.0 Å². The molecule has 0 radical (unpaired) electrons. The van der Waals surface area contributed by atoms with E-state index in [2.05, 4.69) is 19.1 Å². The first-order chi connectivity index (χ1) is 9.26. The number of aliphatic hydroxyl groups excluding tert-OH is 1. The zero-order valence-electron chi connectivity index (χ0n) is 11.2. The fourth-order valence-electron chi connectivity index (χ4n) is 1.77. The van der Waals surface area contributed by atoms with Crippen LogP contribution in [0, 0.1) is 0 Å². The van der Waals surface area contributed by atoms with Gasteiger partial charge in [-0.25, -0.2) is 0 Å². The Morgan fingerprint density at radius 2 is 1.89 bits per heavy atom. The van der Waals surface area contributed by atoms with Crippen LogP contribution in [0.25, 0.3) is 0 Å². The summed E-state index contributed by atoms with van der Waals surface area (Å²) in [5.74, 6) is 1.35. The van der Waals surface area contributed by atoms with Gasteiger partial charge in [-0.05, 0) is 36.2 Å². The predicted molar refractivity (Wildman–Crippen MR) is 76.9 cm³/mol. The molecule has 0 atom stereocenters. The Morgan fingerprint density at radius 3 is 2.53 bits per heavy atom. The van der Waals surface area contributed by atoms with Crippen molar-refractivity contribution in [2.75, 3.05) is 7.11 Å². The quantitative estimate of drug-likeness (QED) is 0.880. The lowest BCUT2D eigenvalue weighted by Crippen LogP contribution is -1.97. The predicted octanol–water partition coefficient (Wildman–Crippen LogP) is 3.39. The minimum Gasteiger partial charge on any atom is -0.493 e. The number of thiophene rings is 1. The molecule has 102 valence electrons. The van der Waals surface area contributed by atoms with Crippen LogP contribution < -0.4 is 9.47 Å². The van der Waals surface area contributed by atoms with E-state index >= 15 is 0 Å². The van der Waals surface area contributed by atoms with E-state index in [4.69, 9.17) is 14.6 Å². The lowest BCUT2D eigenvalue weighted by molar-refractivity contribution is 0.273. The van der Waals surface area contributed by atoms with Crippen LogP contribution in [0.4, 0.5) is 0 Å². The summed E-state index contributed by atoms with van der Waals surface area (Å²) in [6.45, 7) is 2.67. The minimum absolute atomic E-state index is 0.000656. The summed E-state index contributed by atoms with van der Waals surface area (Å²) >= 11 is 1.76. The van der Waals surface area contributed by atoms with Gasteiger partial charge in [0.15, 0.2) is 11.5 Å². The fraction of sp³-hybridized carbons (Fsp3) is 0.333. The normalized spacial score (nSPS) is 10.5. The monoisotopic (exact) mass is 278 g/mol. The SMILES string of the molecule is CCc1ccc(COc2cc(CO)ccc2OC)s1. The number of aliphatic hydroxyl groups is 1. The van der Waals surface area contributed by atoms with Gasteiger partial charge in [-0.3, -0.25) is 0 Å². The molecule has 2 aromatic rings. The van der Waals surface area contributed by atoms with Crippen molar-refractivity contribution in [2.45, 2.75) is 26.6 Å². The summed E-state index contributed by atoms with van der Waals surface area (Å²) in [6, 6.07) is 9.67. The number of benzene rings is 1. The molecule has 1 heterocycles. The summed E-state index contributed by atoms with van der Waals surface area (Å²) in [5.41, 5.74) is 0.816. The molecular weight excluding hydrogens is 260 g/mol. The van der Waals surface area contributed by atoms with Gasteiger partial charge in [0.25, 0.3) is 0 Å². The Morgan fingerprint density at radius 1 is 1.11 bits per heavy atom. The average molecular weight is 278 g/mol. The van der Waals surface area contributed by atoms with E-state index < -0.39 is 0 Å². The fourth-order valence-corrected chi connectivity index (χ4v) is 2.64. The van der Waals surface area contributed by atoms with Gasteiger partial charge in [-0.15, -0.1) is 11.3 Å². The van der Waals surface area contributed by atoms with Gasteiger partial charge in [-0.2, -0.15) is 0 Å². The molecule has 3 nitrogen and oxygen atoms in total. The highest BCUT2D eigenvalue weighted by Crippen LogP contribution is 2.29. The van der Waals surface area contributed by atoms with E-state index in [-0.39, 0.29) is 6.61 Å². The second-order valence-electron chi connectivity index (χ2n) is 4.15. The largest absolute Gasteiger partial charge is 0.493 e. The maximum atomic E-state index is 9.15. The third kappa shape index (κ3) is 3.49. The number of hydrogen-bond acceptors (Lipinski definition) is 4. The van der Waals surface area contributed by atoms with Crippen LogP contribution >= 0.6 is 11.3 Å². The third-order valence-corrected chi connectivity index (χ3v) is 4.05. The van der Waals surface area contributed by atoms with Crippen molar-refractivity contribution in [2.24, 2.45) is 0 Å². The van der Waals surface area contributed by atoms with Crippen molar-refractivity contribution in [3.63, 3.8) is 0 Å². The second-order valence-corrected chi connectivity index (χ2v) is 5.41. The zero-order valence-corrected chi connectivity index (χ0v) is 12.0. The van der Waals surface area contributed by atoms with Gasteiger partial charge in [0.05, 0.1) is 13.7 Å². The summed E-state index contributed by atoms with van der Waals surface area (Å²) in [4.78, 5) is 2.54. The lowest BCUT2D eigenvalue weighted by atomic mass is 10.2. The standard InChI is InChI=1S/C15H18O3S/c1-3-12-5-6-13(19-12)10-18-15-8-11(9-16)4-7-14(15)17-2/h4-8,16H,3,9-10H2,1-2H3. The van der Waals surface area contributed by atoms with E-state index in [1.165, 1.54) is 9.75 Å². The Labute approximate surface area is 117 Å². The molecule has 0 saturated heterocycles. The highest BCUT2D eigenvalue weighted by atomic mass is 32.1. The van der Waals surface area contributed by atoms with Crippen LogP contribution in [0.3, 0.4) is 0 Å². The first-order valence-corrected chi connectivity index (χ1v) is 7.06. The minimum atomic E-state index is -0.000656. The molecule has 0 spiro atoms. The van der Waals surface area contributed by atoms with E-state index in [0.717, 1.165) is 12.0 Å². The van der Waals surface area contributed by atoms with Gasteiger partial charge in [0.2, 0.25) is 0 Å². The number of ether oxygens (including phenoxy) is 2. The van der Waals surface area contributed by atoms with Crippen LogP contribution in [-0.2, 0) is 19.6 Å². The summed E-state index contributed by atoms with van der Waals surface area (Å²) in [5, 5.41) is 9.15. The van der Waals surface area contributed by atoms with E-state index in [9.17, 15) is 0 Å². The Bertz CT molecular complexity index is 534. The summed E-state index contributed by atoms with van der Waals surface area (Å²) in [6.07, 6.45) is 1.05. The molecule has 0 aliphatic carbocycles. The zero-order chi connectivity index (χ0) is 13.7.